The second-order valence-electron chi connectivity index (χ2n) is 4.15. The maximum absolute atomic E-state index is 11.4. The smallest absolute Gasteiger partial charge is 0.243 e. The van der Waals surface area contributed by atoms with Gasteiger partial charge in [0.05, 0.1) is 0 Å². The summed E-state index contributed by atoms with van der Waals surface area (Å²) in [7, 11) is 3.50. The third kappa shape index (κ3) is 3.72. The molecule has 92 valence electrons. The third-order valence-corrected chi connectivity index (χ3v) is 2.60. The number of hydrogen-bond acceptors (Lipinski definition) is 2. The summed E-state index contributed by atoms with van der Waals surface area (Å²) in [5.41, 5.74) is 0. The molecule has 0 bridgehead atoms. The molecular formula is C11H22N4O. The highest BCUT2D eigenvalue weighted by Gasteiger charge is 2.15. The van der Waals surface area contributed by atoms with Crippen LogP contribution in [0.4, 0.5) is 0 Å². The van der Waals surface area contributed by atoms with Crippen molar-refractivity contribution in [2.24, 2.45) is 4.99 Å². The highest BCUT2D eigenvalue weighted by Crippen LogP contribution is 2.07. The van der Waals surface area contributed by atoms with Gasteiger partial charge in [0.2, 0.25) is 5.91 Å². The largest absolute Gasteiger partial charge is 0.357 e. The zero-order valence-electron chi connectivity index (χ0n) is 10.5. The molecule has 0 aromatic rings. The van der Waals surface area contributed by atoms with E-state index in [1.165, 1.54) is 12.8 Å². The van der Waals surface area contributed by atoms with Crippen molar-refractivity contribution in [3.05, 3.63) is 0 Å². The van der Waals surface area contributed by atoms with Gasteiger partial charge >= 0.3 is 0 Å². The number of carbonyl (C=O) groups is 1. The normalized spacial score (nSPS) is 16.4. The Morgan fingerprint density at radius 2 is 2.00 bits per heavy atom. The van der Waals surface area contributed by atoms with Crippen LogP contribution >= 0.6 is 0 Å². The van der Waals surface area contributed by atoms with Gasteiger partial charge in [0.1, 0.15) is 6.54 Å². The number of carbonyl (C=O) groups excluding carboxylic acids is 1. The predicted molar refractivity (Wildman–Crippen MR) is 65.5 cm³/mol. The van der Waals surface area contributed by atoms with Gasteiger partial charge in [-0.1, -0.05) is 0 Å². The molecule has 0 aromatic heterocycles. The first-order chi connectivity index (χ1) is 7.65. The van der Waals surface area contributed by atoms with Gasteiger partial charge < -0.3 is 15.1 Å². The molecular weight excluding hydrogens is 204 g/mol. The van der Waals surface area contributed by atoms with Crippen LogP contribution in [0.25, 0.3) is 0 Å². The summed E-state index contributed by atoms with van der Waals surface area (Å²) in [4.78, 5) is 19.6. The Balaban J connectivity index is 2.54. The number of nitrogens with zero attached hydrogens (tertiary/aromatic N) is 3. The molecule has 1 N–H and O–H groups in total. The van der Waals surface area contributed by atoms with E-state index in [0.29, 0.717) is 0 Å². The molecule has 1 aliphatic rings. The van der Waals surface area contributed by atoms with Crippen LogP contribution in [0, 0.1) is 0 Å². The van der Waals surface area contributed by atoms with E-state index < -0.39 is 0 Å². The fourth-order valence-corrected chi connectivity index (χ4v) is 1.64. The van der Waals surface area contributed by atoms with Gasteiger partial charge in [-0.25, -0.2) is 4.99 Å². The zero-order chi connectivity index (χ0) is 12.0. The Labute approximate surface area is 97.5 Å². The van der Waals surface area contributed by atoms with E-state index in [1.807, 2.05) is 6.92 Å². The lowest BCUT2D eigenvalue weighted by Gasteiger charge is -2.20. The molecule has 0 unspecified atom stereocenters. The molecule has 1 rings (SSSR count). The fraction of sp³-hybridized carbons (Fsp3) is 0.818. The van der Waals surface area contributed by atoms with Crippen molar-refractivity contribution < 1.29 is 4.79 Å². The number of rotatable bonds is 3. The van der Waals surface area contributed by atoms with Gasteiger partial charge in [-0.05, 0) is 19.8 Å². The molecule has 0 spiro atoms. The van der Waals surface area contributed by atoms with E-state index in [2.05, 4.69) is 15.2 Å². The van der Waals surface area contributed by atoms with Crippen molar-refractivity contribution in [1.29, 1.82) is 0 Å². The lowest BCUT2D eigenvalue weighted by molar-refractivity contribution is -0.127. The van der Waals surface area contributed by atoms with E-state index in [1.54, 1.807) is 19.0 Å². The summed E-state index contributed by atoms with van der Waals surface area (Å²) in [5, 5.41) is 3.22. The van der Waals surface area contributed by atoms with Crippen molar-refractivity contribution in [3.8, 4) is 0 Å². The number of amides is 1. The van der Waals surface area contributed by atoms with Gasteiger partial charge in [-0.3, -0.25) is 4.79 Å². The molecule has 1 amide bonds. The zero-order valence-corrected chi connectivity index (χ0v) is 10.5. The van der Waals surface area contributed by atoms with E-state index in [4.69, 9.17) is 0 Å². The standard InChI is InChI=1S/C11H22N4O/c1-4-12-11(15-7-5-6-8-15)13-9-10(16)14(2)3/h4-9H2,1-3H3,(H,12,13). The maximum atomic E-state index is 11.4. The number of guanidine groups is 1. The Bertz CT molecular complexity index is 257. The molecule has 0 aromatic carbocycles. The average molecular weight is 226 g/mol. The second kappa shape index (κ2) is 6.35. The molecule has 16 heavy (non-hydrogen) atoms. The van der Waals surface area contributed by atoms with Crippen LogP contribution in [0.15, 0.2) is 4.99 Å². The molecule has 1 heterocycles. The van der Waals surface area contributed by atoms with Gasteiger partial charge in [-0.15, -0.1) is 0 Å². The molecule has 5 nitrogen and oxygen atoms in total. The molecule has 0 saturated carbocycles. The first-order valence-corrected chi connectivity index (χ1v) is 5.88. The number of likely N-dealkylation sites (tertiary alicyclic amines) is 1. The minimum absolute atomic E-state index is 0.0367. The Kier molecular flexibility index (Phi) is 5.08. The first kappa shape index (κ1) is 12.8. The highest BCUT2D eigenvalue weighted by molar-refractivity contribution is 5.84. The molecule has 5 heteroatoms. The molecule has 1 saturated heterocycles. The second-order valence-corrected chi connectivity index (χ2v) is 4.15. The third-order valence-electron chi connectivity index (χ3n) is 2.60. The lowest BCUT2D eigenvalue weighted by atomic mass is 10.4. The summed E-state index contributed by atoms with van der Waals surface area (Å²) in [6.45, 7) is 5.20. The number of aliphatic imine (C=N–C) groups is 1. The predicted octanol–water partition coefficient (Wildman–Crippen LogP) is 0.136. The van der Waals surface area contributed by atoms with Crippen LogP contribution in [0.1, 0.15) is 19.8 Å². The van der Waals surface area contributed by atoms with Crippen LogP contribution in [0.5, 0.6) is 0 Å². The van der Waals surface area contributed by atoms with E-state index in [-0.39, 0.29) is 12.5 Å². The van der Waals surface area contributed by atoms with E-state index >= 15 is 0 Å². The Hall–Kier alpha value is -1.26. The first-order valence-electron chi connectivity index (χ1n) is 5.88. The van der Waals surface area contributed by atoms with Gasteiger partial charge in [-0.2, -0.15) is 0 Å². The summed E-state index contributed by atoms with van der Waals surface area (Å²) < 4.78 is 0. The summed E-state index contributed by atoms with van der Waals surface area (Å²) in [6, 6.07) is 0. The van der Waals surface area contributed by atoms with E-state index in [9.17, 15) is 4.79 Å². The molecule has 0 aliphatic carbocycles. The summed E-state index contributed by atoms with van der Waals surface area (Å²) >= 11 is 0. The lowest BCUT2D eigenvalue weighted by Crippen LogP contribution is -2.40. The Morgan fingerprint density at radius 3 is 2.50 bits per heavy atom. The minimum atomic E-state index is 0.0367. The van der Waals surface area contributed by atoms with Gasteiger partial charge in [0.15, 0.2) is 5.96 Å². The van der Waals surface area contributed by atoms with Crippen molar-refractivity contribution in [1.82, 2.24) is 15.1 Å². The molecule has 0 atom stereocenters. The summed E-state index contributed by atoms with van der Waals surface area (Å²) in [6.07, 6.45) is 2.43. The van der Waals surface area contributed by atoms with Crippen molar-refractivity contribution in [2.45, 2.75) is 19.8 Å². The minimum Gasteiger partial charge on any atom is -0.357 e. The Morgan fingerprint density at radius 1 is 1.38 bits per heavy atom. The molecule has 1 fully saturated rings. The number of hydrogen-bond donors (Lipinski definition) is 1. The van der Waals surface area contributed by atoms with Crippen molar-refractivity contribution >= 4 is 11.9 Å². The monoisotopic (exact) mass is 226 g/mol. The highest BCUT2D eigenvalue weighted by atomic mass is 16.2. The van der Waals surface area contributed by atoms with Crippen LogP contribution < -0.4 is 5.32 Å². The topological polar surface area (TPSA) is 47.9 Å². The van der Waals surface area contributed by atoms with Crippen LogP contribution in [0.3, 0.4) is 0 Å². The number of likely N-dealkylation sites (N-methyl/N-ethyl adjacent to an activating group) is 1. The summed E-state index contributed by atoms with van der Waals surface area (Å²) in [5.74, 6) is 0.907. The molecule has 1 aliphatic heterocycles. The van der Waals surface area contributed by atoms with Crippen LogP contribution in [-0.4, -0.2) is 61.9 Å². The van der Waals surface area contributed by atoms with Crippen LogP contribution in [0.2, 0.25) is 0 Å². The van der Waals surface area contributed by atoms with Gasteiger partial charge in [0, 0.05) is 33.7 Å². The maximum Gasteiger partial charge on any atom is 0.243 e. The SMILES string of the molecule is CCNC(=NCC(=O)N(C)C)N1CCCC1. The number of nitrogens with one attached hydrogen (secondary N) is 1. The quantitative estimate of drug-likeness (QED) is 0.550. The molecule has 0 radical (unpaired) electrons. The van der Waals surface area contributed by atoms with Crippen molar-refractivity contribution in [2.75, 3.05) is 40.3 Å². The van der Waals surface area contributed by atoms with E-state index in [0.717, 1.165) is 25.6 Å². The van der Waals surface area contributed by atoms with Crippen molar-refractivity contribution in [3.63, 3.8) is 0 Å². The van der Waals surface area contributed by atoms with Crippen LogP contribution in [-0.2, 0) is 4.79 Å². The fourth-order valence-electron chi connectivity index (χ4n) is 1.64. The van der Waals surface area contributed by atoms with Gasteiger partial charge in [0.25, 0.3) is 0 Å². The average Bonchev–Trinajstić information content (AvgIpc) is 2.76.